The predicted octanol–water partition coefficient (Wildman–Crippen LogP) is 2.95. The standard InChI is InChI=1S/C16H24N2S/c1-3-14-10-18(12(2)8-17-14)9-13-11-19-16-7-5-4-6-15(13)16/h4-7,12-14,17H,3,8-11H2,1-2H3. The fourth-order valence-corrected chi connectivity index (χ4v) is 4.43. The highest BCUT2D eigenvalue weighted by Gasteiger charge is 2.29. The molecule has 0 aromatic heterocycles. The molecule has 2 nitrogen and oxygen atoms in total. The van der Waals surface area contributed by atoms with Gasteiger partial charge in [0.2, 0.25) is 0 Å². The summed E-state index contributed by atoms with van der Waals surface area (Å²) in [6.07, 6.45) is 1.24. The predicted molar refractivity (Wildman–Crippen MR) is 83.0 cm³/mol. The highest BCUT2D eigenvalue weighted by molar-refractivity contribution is 7.99. The molecule has 0 saturated carbocycles. The van der Waals surface area contributed by atoms with Crippen LogP contribution in [0.15, 0.2) is 29.2 Å². The Kier molecular flexibility index (Phi) is 4.15. The molecule has 2 aliphatic rings. The molecule has 104 valence electrons. The lowest BCUT2D eigenvalue weighted by molar-refractivity contribution is 0.133. The molecule has 19 heavy (non-hydrogen) atoms. The molecule has 3 atom stereocenters. The smallest absolute Gasteiger partial charge is 0.0193 e. The van der Waals surface area contributed by atoms with Gasteiger partial charge in [0.1, 0.15) is 0 Å². The number of fused-ring (bicyclic) bond motifs is 1. The summed E-state index contributed by atoms with van der Waals surface area (Å²) in [5.74, 6) is 1.98. The van der Waals surface area contributed by atoms with Gasteiger partial charge in [0, 0.05) is 48.3 Å². The fourth-order valence-electron chi connectivity index (χ4n) is 3.19. The first-order valence-corrected chi connectivity index (χ1v) is 8.45. The van der Waals surface area contributed by atoms with E-state index >= 15 is 0 Å². The number of thioether (sulfide) groups is 1. The van der Waals surface area contributed by atoms with Crippen LogP contribution in [0.2, 0.25) is 0 Å². The molecule has 0 spiro atoms. The van der Waals surface area contributed by atoms with Gasteiger partial charge >= 0.3 is 0 Å². The minimum Gasteiger partial charge on any atom is -0.311 e. The van der Waals surface area contributed by atoms with Crippen molar-refractivity contribution in [2.75, 3.05) is 25.4 Å². The first kappa shape index (κ1) is 13.5. The zero-order valence-electron chi connectivity index (χ0n) is 11.9. The average molecular weight is 276 g/mol. The zero-order valence-corrected chi connectivity index (χ0v) is 12.7. The minimum absolute atomic E-state index is 0.667. The molecule has 3 rings (SSSR count). The lowest BCUT2D eigenvalue weighted by Gasteiger charge is -2.39. The van der Waals surface area contributed by atoms with E-state index in [1.54, 1.807) is 5.56 Å². The molecule has 3 heteroatoms. The van der Waals surface area contributed by atoms with Crippen LogP contribution in [0.25, 0.3) is 0 Å². The molecule has 2 heterocycles. The van der Waals surface area contributed by atoms with Crippen molar-refractivity contribution >= 4 is 11.8 Å². The number of piperazine rings is 1. The number of hydrogen-bond donors (Lipinski definition) is 1. The maximum atomic E-state index is 3.65. The summed E-state index contributed by atoms with van der Waals surface area (Å²) in [5, 5.41) is 3.65. The zero-order chi connectivity index (χ0) is 13.2. The number of rotatable bonds is 3. The van der Waals surface area contributed by atoms with Gasteiger partial charge < -0.3 is 5.32 Å². The van der Waals surface area contributed by atoms with Crippen LogP contribution in [0.4, 0.5) is 0 Å². The van der Waals surface area contributed by atoms with E-state index in [4.69, 9.17) is 0 Å². The number of hydrogen-bond acceptors (Lipinski definition) is 3. The molecule has 1 saturated heterocycles. The van der Waals surface area contributed by atoms with E-state index < -0.39 is 0 Å². The van der Waals surface area contributed by atoms with E-state index in [0.29, 0.717) is 12.1 Å². The summed E-state index contributed by atoms with van der Waals surface area (Å²) in [6, 6.07) is 10.3. The molecule has 1 fully saturated rings. The first-order valence-electron chi connectivity index (χ1n) is 7.47. The van der Waals surface area contributed by atoms with Crippen LogP contribution < -0.4 is 5.32 Å². The SMILES string of the molecule is CCC1CN(CC2CSc3ccccc32)C(C)CN1. The van der Waals surface area contributed by atoms with Crippen LogP contribution in [0.1, 0.15) is 31.7 Å². The summed E-state index contributed by atoms with van der Waals surface area (Å²) in [4.78, 5) is 4.19. The van der Waals surface area contributed by atoms with Gasteiger partial charge in [-0.25, -0.2) is 0 Å². The first-order chi connectivity index (χ1) is 9.28. The van der Waals surface area contributed by atoms with E-state index in [-0.39, 0.29) is 0 Å². The van der Waals surface area contributed by atoms with Gasteiger partial charge in [-0.15, -0.1) is 11.8 Å². The Balaban J connectivity index is 1.68. The molecule has 1 aromatic carbocycles. The monoisotopic (exact) mass is 276 g/mol. The summed E-state index contributed by atoms with van der Waals surface area (Å²) in [7, 11) is 0. The fraction of sp³-hybridized carbons (Fsp3) is 0.625. The molecule has 1 N–H and O–H groups in total. The van der Waals surface area contributed by atoms with Gasteiger partial charge in [0.15, 0.2) is 0 Å². The molecule has 2 aliphatic heterocycles. The van der Waals surface area contributed by atoms with E-state index in [1.165, 1.54) is 30.2 Å². The minimum atomic E-state index is 0.667. The van der Waals surface area contributed by atoms with E-state index in [1.807, 2.05) is 11.8 Å². The van der Waals surface area contributed by atoms with Crippen LogP contribution in [-0.4, -0.2) is 42.4 Å². The van der Waals surface area contributed by atoms with Gasteiger partial charge in [-0.3, -0.25) is 4.90 Å². The Morgan fingerprint density at radius 1 is 1.37 bits per heavy atom. The molecular weight excluding hydrogens is 252 g/mol. The molecule has 3 unspecified atom stereocenters. The van der Waals surface area contributed by atoms with E-state index in [9.17, 15) is 0 Å². The Morgan fingerprint density at radius 2 is 2.21 bits per heavy atom. The van der Waals surface area contributed by atoms with Crippen molar-refractivity contribution in [2.24, 2.45) is 0 Å². The normalized spacial score (nSPS) is 31.4. The maximum Gasteiger partial charge on any atom is 0.0193 e. The molecule has 0 aliphatic carbocycles. The molecule has 0 bridgehead atoms. The quantitative estimate of drug-likeness (QED) is 0.914. The van der Waals surface area contributed by atoms with Gasteiger partial charge in [0.05, 0.1) is 0 Å². The highest BCUT2D eigenvalue weighted by atomic mass is 32.2. The Bertz CT molecular complexity index is 435. The second kappa shape index (κ2) is 5.86. The third-order valence-corrected chi connectivity index (χ3v) is 5.78. The maximum absolute atomic E-state index is 3.65. The van der Waals surface area contributed by atoms with Crippen molar-refractivity contribution < 1.29 is 0 Å². The average Bonchev–Trinajstić information content (AvgIpc) is 2.85. The van der Waals surface area contributed by atoms with Crippen LogP contribution in [-0.2, 0) is 0 Å². The highest BCUT2D eigenvalue weighted by Crippen LogP contribution is 2.39. The molecular formula is C16H24N2S. The Labute approximate surface area is 121 Å². The van der Waals surface area contributed by atoms with Crippen molar-refractivity contribution in [1.29, 1.82) is 0 Å². The third-order valence-electron chi connectivity index (χ3n) is 4.53. The van der Waals surface area contributed by atoms with Crippen LogP contribution >= 0.6 is 11.8 Å². The number of benzene rings is 1. The van der Waals surface area contributed by atoms with Crippen LogP contribution in [0.5, 0.6) is 0 Å². The molecule has 0 radical (unpaired) electrons. The van der Waals surface area contributed by atoms with Crippen molar-refractivity contribution in [3.8, 4) is 0 Å². The van der Waals surface area contributed by atoms with Crippen molar-refractivity contribution in [3.63, 3.8) is 0 Å². The largest absolute Gasteiger partial charge is 0.311 e. The van der Waals surface area contributed by atoms with Crippen molar-refractivity contribution in [1.82, 2.24) is 10.2 Å². The van der Waals surface area contributed by atoms with Gasteiger partial charge in [0.25, 0.3) is 0 Å². The lowest BCUT2D eigenvalue weighted by atomic mass is 9.98. The van der Waals surface area contributed by atoms with E-state index in [2.05, 4.69) is 48.3 Å². The summed E-state index contributed by atoms with van der Waals surface area (Å²) < 4.78 is 0. The third kappa shape index (κ3) is 2.83. The summed E-state index contributed by atoms with van der Waals surface area (Å²) >= 11 is 2.03. The Morgan fingerprint density at radius 3 is 3.05 bits per heavy atom. The summed E-state index contributed by atoms with van der Waals surface area (Å²) in [5.41, 5.74) is 1.58. The number of nitrogens with zero attached hydrogens (tertiary/aromatic N) is 1. The Hall–Kier alpha value is -0.510. The van der Waals surface area contributed by atoms with E-state index in [0.717, 1.165) is 12.5 Å². The number of nitrogens with one attached hydrogen (secondary N) is 1. The topological polar surface area (TPSA) is 15.3 Å². The molecule has 1 aromatic rings. The second-order valence-corrected chi connectivity index (χ2v) is 6.92. The van der Waals surface area contributed by atoms with Gasteiger partial charge in [-0.1, -0.05) is 25.1 Å². The summed E-state index contributed by atoms with van der Waals surface area (Å²) in [6.45, 7) is 8.21. The lowest BCUT2D eigenvalue weighted by Crippen LogP contribution is -2.55. The van der Waals surface area contributed by atoms with Crippen molar-refractivity contribution in [2.45, 2.75) is 43.2 Å². The van der Waals surface area contributed by atoms with Crippen LogP contribution in [0, 0.1) is 0 Å². The van der Waals surface area contributed by atoms with Gasteiger partial charge in [-0.05, 0) is 25.0 Å². The van der Waals surface area contributed by atoms with Gasteiger partial charge in [-0.2, -0.15) is 0 Å². The van der Waals surface area contributed by atoms with Crippen LogP contribution in [0.3, 0.4) is 0 Å². The van der Waals surface area contributed by atoms with Crippen molar-refractivity contribution in [3.05, 3.63) is 29.8 Å². The molecule has 0 amide bonds. The second-order valence-electron chi connectivity index (χ2n) is 5.86.